The Hall–Kier alpha value is -0.640. The number of nitrogens with one attached hydrogen (secondary N) is 1. The van der Waals surface area contributed by atoms with E-state index >= 15 is 0 Å². The van der Waals surface area contributed by atoms with E-state index in [1.165, 1.54) is 19.3 Å². The summed E-state index contributed by atoms with van der Waals surface area (Å²) in [4.78, 5) is 11.8. The minimum Gasteiger partial charge on any atom is -0.393 e. The summed E-state index contributed by atoms with van der Waals surface area (Å²) in [5, 5.41) is 3.03. The smallest absolute Gasteiger partial charge is 0.227 e. The van der Waals surface area contributed by atoms with Crippen LogP contribution < -0.4 is 11.1 Å². The highest BCUT2D eigenvalue weighted by atomic mass is 32.1. The second-order valence-electron chi connectivity index (χ2n) is 5.00. The average molecular weight is 228 g/mol. The summed E-state index contributed by atoms with van der Waals surface area (Å²) in [6, 6.07) is 0.271. The van der Waals surface area contributed by atoms with Gasteiger partial charge in [0.05, 0.1) is 11.4 Å². The fourth-order valence-corrected chi connectivity index (χ4v) is 2.30. The first kappa shape index (κ1) is 12.4. The summed E-state index contributed by atoms with van der Waals surface area (Å²) in [6.07, 6.45) is 4.86. The van der Waals surface area contributed by atoms with Gasteiger partial charge in [-0.05, 0) is 18.3 Å². The molecule has 0 bridgehead atoms. The lowest BCUT2D eigenvalue weighted by atomic mass is 9.73. The molecule has 0 aromatic rings. The molecule has 3 nitrogen and oxygen atoms in total. The summed E-state index contributed by atoms with van der Waals surface area (Å²) < 4.78 is 0. The Balaban J connectivity index is 2.49. The molecule has 0 aromatic carbocycles. The van der Waals surface area contributed by atoms with Gasteiger partial charge in [0, 0.05) is 6.04 Å². The van der Waals surface area contributed by atoms with E-state index in [4.69, 9.17) is 18.0 Å². The third kappa shape index (κ3) is 3.78. The monoisotopic (exact) mass is 228 g/mol. The molecule has 4 heteroatoms. The molecule has 86 valence electrons. The van der Waals surface area contributed by atoms with Gasteiger partial charge >= 0.3 is 0 Å². The third-order valence-electron chi connectivity index (χ3n) is 3.18. The highest BCUT2D eigenvalue weighted by Gasteiger charge is 2.32. The summed E-state index contributed by atoms with van der Waals surface area (Å²) >= 11 is 4.71. The molecule has 15 heavy (non-hydrogen) atoms. The van der Waals surface area contributed by atoms with Crippen LogP contribution in [0.2, 0.25) is 0 Å². The molecule has 3 N–H and O–H groups in total. The number of amides is 1. The summed E-state index contributed by atoms with van der Waals surface area (Å²) in [5.41, 5.74) is 5.54. The van der Waals surface area contributed by atoms with Crippen molar-refractivity contribution in [2.45, 2.75) is 52.0 Å². The first-order valence-corrected chi connectivity index (χ1v) is 5.90. The highest BCUT2D eigenvalue weighted by Crippen LogP contribution is 2.35. The maximum absolute atomic E-state index is 11.5. The van der Waals surface area contributed by atoms with Crippen molar-refractivity contribution < 1.29 is 4.79 Å². The van der Waals surface area contributed by atoms with Crippen molar-refractivity contribution in [3.63, 3.8) is 0 Å². The van der Waals surface area contributed by atoms with Crippen LogP contribution in [0.1, 0.15) is 46.0 Å². The van der Waals surface area contributed by atoms with E-state index in [-0.39, 0.29) is 28.8 Å². The van der Waals surface area contributed by atoms with Gasteiger partial charge in [-0.15, -0.1) is 0 Å². The second kappa shape index (κ2) is 4.92. The molecular weight excluding hydrogens is 208 g/mol. The molecule has 0 saturated heterocycles. The van der Waals surface area contributed by atoms with E-state index in [2.05, 4.69) is 19.2 Å². The van der Waals surface area contributed by atoms with Gasteiger partial charge < -0.3 is 11.1 Å². The number of carbonyl (C=O) groups is 1. The number of nitrogens with two attached hydrogens (primary N) is 1. The zero-order valence-corrected chi connectivity index (χ0v) is 10.3. The quantitative estimate of drug-likeness (QED) is 0.724. The van der Waals surface area contributed by atoms with Crippen molar-refractivity contribution in [2.24, 2.45) is 11.1 Å². The molecule has 1 saturated carbocycles. The molecule has 1 aliphatic rings. The molecule has 1 unspecified atom stereocenters. The molecular formula is C11H20N2OS. The maximum Gasteiger partial charge on any atom is 0.227 e. The molecule has 0 aromatic heterocycles. The summed E-state index contributed by atoms with van der Waals surface area (Å²) in [6.45, 7) is 4.41. The van der Waals surface area contributed by atoms with Crippen LogP contribution in [0.25, 0.3) is 0 Å². The van der Waals surface area contributed by atoms with Gasteiger partial charge in [-0.2, -0.15) is 0 Å². The molecule has 1 fully saturated rings. The van der Waals surface area contributed by atoms with Gasteiger partial charge in [0.25, 0.3) is 0 Å². The molecule has 0 spiro atoms. The van der Waals surface area contributed by atoms with Crippen molar-refractivity contribution in [1.29, 1.82) is 0 Å². The van der Waals surface area contributed by atoms with Gasteiger partial charge in [-0.1, -0.05) is 38.9 Å². The predicted octanol–water partition coefficient (Wildman–Crippen LogP) is 1.75. The SMILES string of the molecule is CC1(C)CCCCC1NC(=O)CC(N)=S. The minimum absolute atomic E-state index is 0.0394. The Morgan fingerprint density at radius 3 is 2.73 bits per heavy atom. The largest absolute Gasteiger partial charge is 0.393 e. The van der Waals surface area contributed by atoms with Crippen molar-refractivity contribution >= 4 is 23.1 Å². The molecule has 1 rings (SSSR count). The van der Waals surface area contributed by atoms with Gasteiger partial charge in [0.1, 0.15) is 0 Å². The van der Waals surface area contributed by atoms with E-state index in [0.717, 1.165) is 6.42 Å². The molecule has 1 aliphatic carbocycles. The summed E-state index contributed by atoms with van der Waals surface area (Å²) in [5.74, 6) is -0.0394. The zero-order valence-electron chi connectivity index (χ0n) is 9.51. The Bertz CT molecular complexity index is 263. The predicted molar refractivity (Wildman–Crippen MR) is 65.6 cm³/mol. The van der Waals surface area contributed by atoms with Gasteiger partial charge in [-0.3, -0.25) is 4.79 Å². The van der Waals surface area contributed by atoms with E-state index in [1.54, 1.807) is 0 Å². The first-order valence-electron chi connectivity index (χ1n) is 5.49. The summed E-state index contributed by atoms with van der Waals surface area (Å²) in [7, 11) is 0. The van der Waals surface area contributed by atoms with Gasteiger partial charge in [-0.25, -0.2) is 0 Å². The van der Waals surface area contributed by atoms with Crippen molar-refractivity contribution in [3.05, 3.63) is 0 Å². The van der Waals surface area contributed by atoms with Crippen LogP contribution in [0.15, 0.2) is 0 Å². The molecule has 0 radical (unpaired) electrons. The van der Waals surface area contributed by atoms with Crippen LogP contribution >= 0.6 is 12.2 Å². The fraction of sp³-hybridized carbons (Fsp3) is 0.818. The Kier molecular flexibility index (Phi) is 4.08. The molecule has 1 atom stereocenters. The van der Waals surface area contributed by atoms with Gasteiger partial charge in [0.2, 0.25) is 5.91 Å². The Morgan fingerprint density at radius 2 is 2.20 bits per heavy atom. The number of hydrogen-bond acceptors (Lipinski definition) is 2. The lowest BCUT2D eigenvalue weighted by Gasteiger charge is -2.39. The average Bonchev–Trinajstić information content (AvgIpc) is 2.07. The fourth-order valence-electron chi connectivity index (χ4n) is 2.17. The van der Waals surface area contributed by atoms with E-state index in [9.17, 15) is 4.79 Å². The first-order chi connectivity index (χ1) is 6.92. The Labute approximate surface area is 96.8 Å². The van der Waals surface area contributed by atoms with Crippen LogP contribution in [0.4, 0.5) is 0 Å². The highest BCUT2D eigenvalue weighted by molar-refractivity contribution is 7.80. The third-order valence-corrected chi connectivity index (χ3v) is 3.32. The number of carbonyl (C=O) groups excluding carboxylic acids is 1. The molecule has 1 amide bonds. The second-order valence-corrected chi connectivity index (χ2v) is 5.52. The molecule has 0 heterocycles. The van der Waals surface area contributed by atoms with E-state index in [0.29, 0.717) is 0 Å². The normalized spacial score (nSPS) is 24.5. The van der Waals surface area contributed by atoms with Gasteiger partial charge in [0.15, 0.2) is 0 Å². The number of thiocarbonyl (C=S) groups is 1. The van der Waals surface area contributed by atoms with Crippen LogP contribution in [0.5, 0.6) is 0 Å². The van der Waals surface area contributed by atoms with Crippen molar-refractivity contribution in [1.82, 2.24) is 5.32 Å². The maximum atomic E-state index is 11.5. The van der Waals surface area contributed by atoms with Crippen molar-refractivity contribution in [3.8, 4) is 0 Å². The lowest BCUT2D eigenvalue weighted by Crippen LogP contribution is -2.47. The van der Waals surface area contributed by atoms with Crippen LogP contribution in [0, 0.1) is 5.41 Å². The topological polar surface area (TPSA) is 55.1 Å². The number of rotatable bonds is 3. The van der Waals surface area contributed by atoms with Crippen LogP contribution in [-0.2, 0) is 4.79 Å². The number of hydrogen-bond donors (Lipinski definition) is 2. The lowest BCUT2D eigenvalue weighted by molar-refractivity contribution is -0.121. The van der Waals surface area contributed by atoms with Crippen LogP contribution in [-0.4, -0.2) is 16.9 Å². The minimum atomic E-state index is -0.0394. The zero-order chi connectivity index (χ0) is 11.5. The van der Waals surface area contributed by atoms with E-state index in [1.807, 2.05) is 0 Å². The van der Waals surface area contributed by atoms with Crippen molar-refractivity contribution in [2.75, 3.05) is 0 Å². The molecule has 0 aliphatic heterocycles. The van der Waals surface area contributed by atoms with Crippen LogP contribution in [0.3, 0.4) is 0 Å². The van der Waals surface area contributed by atoms with E-state index < -0.39 is 0 Å². The standard InChI is InChI=1S/C11H20N2OS/c1-11(2)6-4-3-5-8(11)13-10(14)7-9(12)15/h8H,3-7H2,1-2H3,(H2,12,15)(H,13,14). The Morgan fingerprint density at radius 1 is 1.53 bits per heavy atom.